The first-order valence-corrected chi connectivity index (χ1v) is 10.6. The molecule has 4 nitrogen and oxygen atoms in total. The fourth-order valence-electron chi connectivity index (χ4n) is 3.59. The van der Waals surface area contributed by atoms with E-state index in [2.05, 4.69) is 6.92 Å². The van der Waals surface area contributed by atoms with Crippen molar-refractivity contribution < 1.29 is 18.9 Å². The van der Waals surface area contributed by atoms with Crippen molar-refractivity contribution >= 4 is 0 Å². The van der Waals surface area contributed by atoms with Crippen LogP contribution >= 0.6 is 0 Å². The van der Waals surface area contributed by atoms with Crippen molar-refractivity contribution in [2.45, 2.75) is 84.0 Å². The highest BCUT2D eigenvalue weighted by atomic mass is 16.5. The average Bonchev–Trinajstić information content (AvgIpc) is 2.70. The van der Waals surface area contributed by atoms with E-state index in [9.17, 15) is 0 Å². The minimum absolute atomic E-state index is 0.688. The van der Waals surface area contributed by atoms with Gasteiger partial charge in [-0.25, -0.2) is 0 Å². The zero-order valence-electron chi connectivity index (χ0n) is 18.2. The SMILES string of the molecule is CCCCCCCCCCCCCc1c(OC)c(OC)cc(OC)c1OC. The molecule has 0 amide bonds. The molecule has 0 unspecified atom stereocenters. The van der Waals surface area contributed by atoms with Crippen molar-refractivity contribution in [2.75, 3.05) is 28.4 Å². The van der Waals surface area contributed by atoms with E-state index in [1.807, 2.05) is 6.07 Å². The lowest BCUT2D eigenvalue weighted by Gasteiger charge is -2.19. The molecule has 1 aromatic carbocycles. The minimum Gasteiger partial charge on any atom is -0.493 e. The van der Waals surface area contributed by atoms with Crippen LogP contribution in [0.2, 0.25) is 0 Å². The van der Waals surface area contributed by atoms with E-state index in [0.29, 0.717) is 11.5 Å². The van der Waals surface area contributed by atoms with Gasteiger partial charge < -0.3 is 18.9 Å². The number of hydrogen-bond donors (Lipinski definition) is 0. The van der Waals surface area contributed by atoms with Gasteiger partial charge in [-0.3, -0.25) is 0 Å². The van der Waals surface area contributed by atoms with Gasteiger partial charge in [-0.05, 0) is 12.8 Å². The van der Waals surface area contributed by atoms with Crippen LogP contribution in [0.15, 0.2) is 6.07 Å². The van der Waals surface area contributed by atoms with Crippen molar-refractivity contribution in [2.24, 2.45) is 0 Å². The van der Waals surface area contributed by atoms with E-state index in [1.54, 1.807) is 28.4 Å². The Morgan fingerprint density at radius 1 is 0.556 bits per heavy atom. The molecule has 1 aromatic rings. The summed E-state index contributed by atoms with van der Waals surface area (Å²) in [6, 6.07) is 1.82. The number of hydrogen-bond acceptors (Lipinski definition) is 4. The molecular formula is C23H40O4. The Morgan fingerprint density at radius 2 is 0.963 bits per heavy atom. The lowest BCUT2D eigenvalue weighted by molar-refractivity contribution is 0.323. The highest BCUT2D eigenvalue weighted by molar-refractivity contribution is 5.61. The number of methoxy groups -OCH3 is 4. The van der Waals surface area contributed by atoms with Gasteiger partial charge in [-0.2, -0.15) is 0 Å². The lowest BCUT2D eigenvalue weighted by atomic mass is 10.0. The summed E-state index contributed by atoms with van der Waals surface area (Å²) in [7, 11) is 6.65. The van der Waals surface area contributed by atoms with Gasteiger partial charge >= 0.3 is 0 Å². The Labute approximate surface area is 166 Å². The van der Waals surface area contributed by atoms with Crippen LogP contribution in [-0.4, -0.2) is 28.4 Å². The third-order valence-corrected chi connectivity index (χ3v) is 5.14. The smallest absolute Gasteiger partial charge is 0.167 e. The molecule has 0 aromatic heterocycles. The van der Waals surface area contributed by atoms with Gasteiger partial charge in [0.15, 0.2) is 23.0 Å². The van der Waals surface area contributed by atoms with E-state index < -0.39 is 0 Å². The monoisotopic (exact) mass is 380 g/mol. The molecule has 4 heteroatoms. The van der Waals surface area contributed by atoms with Crippen LogP contribution in [0.5, 0.6) is 23.0 Å². The summed E-state index contributed by atoms with van der Waals surface area (Å²) in [5.74, 6) is 2.88. The van der Waals surface area contributed by atoms with Crippen LogP contribution in [0, 0.1) is 0 Å². The Morgan fingerprint density at radius 3 is 1.33 bits per heavy atom. The molecule has 0 fully saturated rings. The third-order valence-electron chi connectivity index (χ3n) is 5.14. The Balaban J connectivity index is 2.43. The van der Waals surface area contributed by atoms with E-state index in [0.717, 1.165) is 29.9 Å². The molecule has 27 heavy (non-hydrogen) atoms. The number of ether oxygens (including phenoxy) is 4. The zero-order chi connectivity index (χ0) is 19.9. The molecule has 0 spiro atoms. The maximum atomic E-state index is 5.60. The number of rotatable bonds is 16. The lowest BCUT2D eigenvalue weighted by Crippen LogP contribution is -2.02. The van der Waals surface area contributed by atoms with Crippen LogP contribution in [-0.2, 0) is 6.42 Å². The molecule has 0 radical (unpaired) electrons. The molecule has 0 aliphatic carbocycles. The molecule has 1 rings (SSSR count). The highest BCUT2D eigenvalue weighted by Crippen LogP contribution is 2.45. The van der Waals surface area contributed by atoms with Gasteiger partial charge in [0.2, 0.25) is 0 Å². The van der Waals surface area contributed by atoms with Crippen LogP contribution in [0.1, 0.15) is 83.1 Å². The summed E-state index contributed by atoms with van der Waals surface area (Å²) in [6.07, 6.45) is 15.6. The predicted octanol–water partition coefficient (Wildman–Crippen LogP) is 6.57. The largest absolute Gasteiger partial charge is 0.493 e. The summed E-state index contributed by atoms with van der Waals surface area (Å²) in [5, 5.41) is 0. The van der Waals surface area contributed by atoms with Crippen molar-refractivity contribution in [1.29, 1.82) is 0 Å². The quantitative estimate of drug-likeness (QED) is 0.304. The van der Waals surface area contributed by atoms with E-state index >= 15 is 0 Å². The van der Waals surface area contributed by atoms with Crippen LogP contribution in [0.4, 0.5) is 0 Å². The molecule has 0 atom stereocenters. The summed E-state index contributed by atoms with van der Waals surface area (Å²) in [5.41, 5.74) is 1.03. The molecule has 0 N–H and O–H groups in total. The molecule has 0 saturated carbocycles. The Bertz CT molecular complexity index is 483. The van der Waals surface area contributed by atoms with Gasteiger partial charge in [0.05, 0.1) is 28.4 Å². The first-order valence-electron chi connectivity index (χ1n) is 10.6. The molecule has 156 valence electrons. The van der Waals surface area contributed by atoms with Gasteiger partial charge in [0.25, 0.3) is 0 Å². The van der Waals surface area contributed by atoms with Gasteiger partial charge in [-0.1, -0.05) is 71.1 Å². The molecular weight excluding hydrogens is 340 g/mol. The summed E-state index contributed by atoms with van der Waals surface area (Å²) >= 11 is 0. The zero-order valence-corrected chi connectivity index (χ0v) is 18.2. The second kappa shape index (κ2) is 14.5. The predicted molar refractivity (Wildman–Crippen MR) is 113 cm³/mol. The summed E-state index contributed by atoms with van der Waals surface area (Å²) < 4.78 is 22.1. The number of benzene rings is 1. The van der Waals surface area contributed by atoms with Crippen molar-refractivity contribution in [3.63, 3.8) is 0 Å². The van der Waals surface area contributed by atoms with Crippen molar-refractivity contribution in [3.05, 3.63) is 11.6 Å². The molecule has 0 aliphatic heterocycles. The molecule has 0 saturated heterocycles. The average molecular weight is 381 g/mol. The first kappa shape index (κ1) is 23.5. The molecule has 0 heterocycles. The van der Waals surface area contributed by atoms with Crippen LogP contribution in [0.3, 0.4) is 0 Å². The maximum Gasteiger partial charge on any atom is 0.167 e. The Hall–Kier alpha value is -1.58. The van der Waals surface area contributed by atoms with Crippen LogP contribution in [0.25, 0.3) is 0 Å². The topological polar surface area (TPSA) is 36.9 Å². The van der Waals surface area contributed by atoms with Crippen molar-refractivity contribution in [3.8, 4) is 23.0 Å². The molecule has 0 aliphatic rings. The third kappa shape index (κ3) is 7.90. The van der Waals surface area contributed by atoms with E-state index in [-0.39, 0.29) is 0 Å². The minimum atomic E-state index is 0.688. The maximum absolute atomic E-state index is 5.60. The molecule has 0 bridgehead atoms. The van der Waals surface area contributed by atoms with E-state index in [4.69, 9.17) is 18.9 Å². The second-order valence-electron chi connectivity index (χ2n) is 7.11. The highest BCUT2D eigenvalue weighted by Gasteiger charge is 2.20. The first-order chi connectivity index (χ1) is 13.2. The summed E-state index contributed by atoms with van der Waals surface area (Å²) in [6.45, 7) is 2.27. The standard InChI is InChI=1S/C23H40O4/c1-6-7-8-9-10-11-12-13-14-15-16-17-19-22(26-4)20(24-2)18-21(25-3)23(19)27-5/h18H,6-17H2,1-5H3. The summed E-state index contributed by atoms with van der Waals surface area (Å²) in [4.78, 5) is 0. The second-order valence-corrected chi connectivity index (χ2v) is 7.11. The van der Waals surface area contributed by atoms with E-state index in [1.165, 1.54) is 64.2 Å². The van der Waals surface area contributed by atoms with Gasteiger partial charge in [0.1, 0.15) is 0 Å². The van der Waals surface area contributed by atoms with Gasteiger partial charge in [-0.15, -0.1) is 0 Å². The van der Waals surface area contributed by atoms with Gasteiger partial charge in [0, 0.05) is 11.6 Å². The van der Waals surface area contributed by atoms with Crippen LogP contribution < -0.4 is 18.9 Å². The fraction of sp³-hybridized carbons (Fsp3) is 0.739. The Kier molecular flexibility index (Phi) is 12.6. The normalized spacial score (nSPS) is 10.7. The number of unbranched alkanes of at least 4 members (excludes halogenated alkanes) is 10. The van der Waals surface area contributed by atoms with Crippen molar-refractivity contribution in [1.82, 2.24) is 0 Å². The fourth-order valence-corrected chi connectivity index (χ4v) is 3.59.